The Balaban J connectivity index is 1.96. The molecule has 0 spiro atoms. The monoisotopic (exact) mass is 479 g/mol. The lowest BCUT2D eigenvalue weighted by Gasteiger charge is -2.30. The van der Waals surface area contributed by atoms with Gasteiger partial charge in [-0.25, -0.2) is 9.69 Å². The number of amides is 2. The largest absolute Gasteiger partial charge is 0.443 e. The number of rotatable bonds is 3. The minimum Gasteiger partial charge on any atom is -0.443 e. The number of anilines is 1. The molecule has 0 radical (unpaired) electrons. The van der Waals surface area contributed by atoms with Crippen LogP contribution < -0.4 is 4.90 Å². The van der Waals surface area contributed by atoms with Crippen LogP contribution in [0.2, 0.25) is 5.02 Å². The van der Waals surface area contributed by atoms with Crippen LogP contribution in [0.3, 0.4) is 0 Å². The van der Waals surface area contributed by atoms with Crippen molar-refractivity contribution >= 4 is 41.1 Å². The van der Waals surface area contributed by atoms with E-state index in [9.17, 15) is 9.59 Å². The van der Waals surface area contributed by atoms with Gasteiger partial charge in [0.15, 0.2) is 4.75 Å². The van der Waals surface area contributed by atoms with Crippen LogP contribution in [0.5, 0.6) is 0 Å². The molecule has 3 aromatic rings. The van der Waals surface area contributed by atoms with Gasteiger partial charge in [-0.1, -0.05) is 70.9 Å². The van der Waals surface area contributed by atoms with Gasteiger partial charge in [-0.05, 0) is 70.5 Å². The molecule has 1 aliphatic heterocycles. The lowest BCUT2D eigenvalue weighted by atomic mass is 9.89. The number of carbonyl (C=O) groups is 2. The number of nitrogens with zero attached hydrogens (tertiary/aromatic N) is 1. The van der Waals surface area contributed by atoms with Crippen molar-refractivity contribution in [3.63, 3.8) is 0 Å². The number of para-hydroxylation sites is 1. The number of hydrogen-bond acceptors (Lipinski definition) is 4. The number of aryl methyl sites for hydroxylation is 2. The predicted molar refractivity (Wildman–Crippen MR) is 134 cm³/mol. The van der Waals surface area contributed by atoms with Crippen LogP contribution in [-0.2, 0) is 14.3 Å². The molecule has 33 heavy (non-hydrogen) atoms. The summed E-state index contributed by atoms with van der Waals surface area (Å²) in [6, 6.07) is 20.9. The van der Waals surface area contributed by atoms with Gasteiger partial charge in [-0.3, -0.25) is 4.79 Å². The Kier molecular flexibility index (Phi) is 6.06. The summed E-state index contributed by atoms with van der Waals surface area (Å²) in [4.78, 5) is 29.6. The van der Waals surface area contributed by atoms with Gasteiger partial charge in [0.2, 0.25) is 0 Å². The number of ether oxygens (including phenoxy) is 1. The standard InChI is InChI=1S/C27H26ClNO3S/c1-17-14-18(2)16-19(15-17)27(33-21-12-10-20(28)11-13-21)22-8-6-7-9-23(22)29(24(27)30)25(31)32-26(3,4)5/h6-16H,1-5H3/t27-/m1/s1. The Bertz CT molecular complexity index is 1210. The maximum Gasteiger partial charge on any atom is 0.421 e. The molecule has 0 saturated heterocycles. The summed E-state index contributed by atoms with van der Waals surface area (Å²) in [6.45, 7) is 9.38. The van der Waals surface area contributed by atoms with Gasteiger partial charge in [0.25, 0.3) is 5.91 Å². The van der Waals surface area contributed by atoms with E-state index in [0.717, 1.165) is 27.1 Å². The fraction of sp³-hybridized carbons (Fsp3) is 0.259. The van der Waals surface area contributed by atoms with Crippen LogP contribution in [0.25, 0.3) is 0 Å². The molecule has 2 amide bonds. The van der Waals surface area contributed by atoms with Crippen molar-refractivity contribution in [3.8, 4) is 0 Å². The van der Waals surface area contributed by atoms with E-state index in [1.165, 1.54) is 16.7 Å². The molecule has 6 heteroatoms. The normalized spacial score (nSPS) is 17.8. The third-order valence-electron chi connectivity index (χ3n) is 5.32. The number of halogens is 1. The topological polar surface area (TPSA) is 46.6 Å². The summed E-state index contributed by atoms with van der Waals surface area (Å²) >= 11 is 7.52. The first kappa shape index (κ1) is 23.4. The zero-order chi connectivity index (χ0) is 24.0. The fourth-order valence-electron chi connectivity index (χ4n) is 4.13. The second kappa shape index (κ2) is 8.54. The lowest BCUT2D eigenvalue weighted by molar-refractivity contribution is -0.119. The maximum atomic E-state index is 14.3. The van der Waals surface area contributed by atoms with Crippen LogP contribution in [0.1, 0.15) is 43.0 Å². The minimum absolute atomic E-state index is 0.345. The molecule has 1 heterocycles. The molecule has 4 nitrogen and oxygen atoms in total. The molecule has 1 aliphatic rings. The number of thioether (sulfide) groups is 1. The van der Waals surface area contributed by atoms with E-state index in [1.807, 2.05) is 56.3 Å². The van der Waals surface area contributed by atoms with E-state index in [-0.39, 0.29) is 5.91 Å². The highest BCUT2D eigenvalue weighted by Crippen LogP contribution is 2.56. The van der Waals surface area contributed by atoms with Crippen molar-refractivity contribution in [3.05, 3.63) is 94.0 Å². The average Bonchev–Trinajstić information content (AvgIpc) is 2.97. The molecule has 0 bridgehead atoms. The molecule has 0 aromatic heterocycles. The van der Waals surface area contributed by atoms with Crippen molar-refractivity contribution in [2.75, 3.05) is 4.90 Å². The smallest absolute Gasteiger partial charge is 0.421 e. The van der Waals surface area contributed by atoms with E-state index < -0.39 is 16.4 Å². The number of hydrogen-bond donors (Lipinski definition) is 0. The van der Waals surface area contributed by atoms with Crippen LogP contribution in [0, 0.1) is 13.8 Å². The van der Waals surface area contributed by atoms with Gasteiger partial charge in [-0.2, -0.15) is 0 Å². The molecule has 0 fully saturated rings. The van der Waals surface area contributed by atoms with Crippen LogP contribution >= 0.6 is 23.4 Å². The molecule has 170 valence electrons. The van der Waals surface area contributed by atoms with Crippen LogP contribution in [0.15, 0.2) is 71.6 Å². The Morgan fingerprint density at radius 3 is 2.18 bits per heavy atom. The molecule has 0 N–H and O–H groups in total. The molecule has 0 saturated carbocycles. The van der Waals surface area contributed by atoms with Gasteiger partial charge >= 0.3 is 6.09 Å². The summed E-state index contributed by atoms with van der Waals surface area (Å²) in [5.41, 5.74) is 3.47. The minimum atomic E-state index is -1.15. The average molecular weight is 480 g/mol. The Labute approximate surface area is 203 Å². The number of fused-ring (bicyclic) bond motifs is 1. The Hall–Kier alpha value is -2.76. The van der Waals surface area contributed by atoms with Gasteiger partial charge in [0.05, 0.1) is 5.69 Å². The molecular weight excluding hydrogens is 454 g/mol. The van der Waals surface area contributed by atoms with E-state index >= 15 is 0 Å². The highest BCUT2D eigenvalue weighted by Gasteiger charge is 2.56. The highest BCUT2D eigenvalue weighted by molar-refractivity contribution is 8.01. The van der Waals surface area contributed by atoms with Crippen LogP contribution in [0.4, 0.5) is 10.5 Å². The first-order chi connectivity index (χ1) is 15.5. The second-order valence-electron chi connectivity index (χ2n) is 9.25. The summed E-state index contributed by atoms with van der Waals surface area (Å²) in [7, 11) is 0. The first-order valence-electron chi connectivity index (χ1n) is 10.7. The van der Waals surface area contributed by atoms with Crippen molar-refractivity contribution < 1.29 is 14.3 Å². The van der Waals surface area contributed by atoms with Gasteiger partial charge in [0.1, 0.15) is 5.60 Å². The summed E-state index contributed by atoms with van der Waals surface area (Å²) in [5.74, 6) is -0.345. The number of imide groups is 1. The third kappa shape index (κ3) is 4.40. The fourth-order valence-corrected chi connectivity index (χ4v) is 5.58. The highest BCUT2D eigenvalue weighted by atomic mass is 35.5. The molecular formula is C27H26ClNO3S. The van der Waals surface area contributed by atoms with E-state index in [0.29, 0.717) is 10.7 Å². The zero-order valence-corrected chi connectivity index (χ0v) is 20.9. The van der Waals surface area contributed by atoms with Gasteiger partial charge in [0, 0.05) is 15.5 Å². The second-order valence-corrected chi connectivity index (χ2v) is 11.0. The SMILES string of the molecule is Cc1cc(C)cc([C@]2(Sc3ccc(Cl)cc3)C(=O)N(C(=O)OC(C)(C)C)c3ccccc32)c1. The third-order valence-corrected chi connectivity index (χ3v) is 7.01. The lowest BCUT2D eigenvalue weighted by Crippen LogP contribution is -2.44. The Morgan fingerprint density at radius 2 is 1.58 bits per heavy atom. The molecule has 1 atom stereocenters. The summed E-state index contributed by atoms with van der Waals surface area (Å²) < 4.78 is 4.48. The summed E-state index contributed by atoms with van der Waals surface area (Å²) in [5, 5.41) is 0.619. The number of carbonyl (C=O) groups excluding carboxylic acids is 2. The summed E-state index contributed by atoms with van der Waals surface area (Å²) in [6.07, 6.45) is -0.678. The van der Waals surface area contributed by atoms with Gasteiger partial charge in [-0.15, -0.1) is 0 Å². The van der Waals surface area contributed by atoms with Gasteiger partial charge < -0.3 is 4.74 Å². The van der Waals surface area contributed by atoms with Crippen molar-refractivity contribution in [1.82, 2.24) is 0 Å². The van der Waals surface area contributed by atoms with E-state index in [1.54, 1.807) is 39.0 Å². The zero-order valence-electron chi connectivity index (χ0n) is 19.3. The van der Waals surface area contributed by atoms with Crippen molar-refractivity contribution in [2.24, 2.45) is 0 Å². The van der Waals surface area contributed by atoms with Crippen molar-refractivity contribution in [1.29, 1.82) is 0 Å². The molecule has 0 unspecified atom stereocenters. The molecule has 4 rings (SSSR count). The quantitative estimate of drug-likeness (QED) is 0.396. The van der Waals surface area contributed by atoms with Crippen molar-refractivity contribution in [2.45, 2.75) is 49.9 Å². The number of benzene rings is 3. The van der Waals surface area contributed by atoms with E-state index in [4.69, 9.17) is 16.3 Å². The first-order valence-corrected chi connectivity index (χ1v) is 11.9. The maximum absolute atomic E-state index is 14.3. The molecule has 0 aliphatic carbocycles. The molecule has 3 aromatic carbocycles. The van der Waals surface area contributed by atoms with Crippen LogP contribution in [-0.4, -0.2) is 17.6 Å². The van der Waals surface area contributed by atoms with E-state index in [2.05, 4.69) is 6.07 Å². The Morgan fingerprint density at radius 1 is 0.970 bits per heavy atom. The predicted octanol–water partition coefficient (Wildman–Crippen LogP) is 7.27.